The van der Waals surface area contributed by atoms with E-state index in [1.54, 1.807) is 23.1 Å². The van der Waals surface area contributed by atoms with Crippen LogP contribution in [0.2, 0.25) is 0 Å². The fourth-order valence-corrected chi connectivity index (χ4v) is 5.16. The molecule has 2 fully saturated rings. The summed E-state index contributed by atoms with van der Waals surface area (Å²) >= 11 is 0. The number of aromatic nitrogens is 5. The van der Waals surface area contributed by atoms with Crippen LogP contribution in [-0.4, -0.2) is 37.8 Å². The molecule has 0 spiro atoms. The molecule has 3 atom stereocenters. The zero-order valence-corrected chi connectivity index (χ0v) is 18.8. The second-order valence-electron chi connectivity index (χ2n) is 9.30. The first kappa shape index (κ1) is 20.8. The Morgan fingerprint density at radius 3 is 2.59 bits per heavy atom. The van der Waals surface area contributed by atoms with Crippen molar-refractivity contribution in [1.82, 2.24) is 24.7 Å². The van der Waals surface area contributed by atoms with Gasteiger partial charge >= 0.3 is 6.01 Å². The zero-order valence-electron chi connectivity index (χ0n) is 18.8. The van der Waals surface area contributed by atoms with Crippen molar-refractivity contribution in [2.24, 2.45) is 17.8 Å². The highest BCUT2D eigenvalue weighted by molar-refractivity contribution is 5.40. The van der Waals surface area contributed by atoms with Crippen LogP contribution in [0.3, 0.4) is 0 Å². The van der Waals surface area contributed by atoms with E-state index < -0.39 is 0 Å². The van der Waals surface area contributed by atoms with E-state index in [1.165, 1.54) is 25.0 Å². The van der Waals surface area contributed by atoms with E-state index in [9.17, 15) is 4.39 Å². The highest BCUT2D eigenvalue weighted by Crippen LogP contribution is 2.44. The van der Waals surface area contributed by atoms with Crippen molar-refractivity contribution >= 4 is 5.82 Å². The molecule has 0 N–H and O–H groups in total. The zero-order chi connectivity index (χ0) is 22.2. The van der Waals surface area contributed by atoms with E-state index in [0.29, 0.717) is 29.5 Å². The fourth-order valence-electron chi connectivity index (χ4n) is 5.16. The summed E-state index contributed by atoms with van der Waals surface area (Å²) in [5.41, 5.74) is 0.999. The van der Waals surface area contributed by atoms with Crippen molar-refractivity contribution in [3.05, 3.63) is 54.0 Å². The molecule has 1 saturated carbocycles. The third-order valence-electron chi connectivity index (χ3n) is 6.70. The number of halogens is 1. The number of fused-ring (bicyclic) bond motifs is 2. The molecule has 32 heavy (non-hydrogen) atoms. The number of aryl methyl sites for hydroxylation is 1. The Kier molecular flexibility index (Phi) is 5.53. The number of rotatable bonds is 6. The Bertz CT molecular complexity index is 1090. The molecule has 5 rings (SSSR count). The van der Waals surface area contributed by atoms with Crippen LogP contribution in [0.4, 0.5) is 10.2 Å². The van der Waals surface area contributed by atoms with Crippen LogP contribution in [-0.2, 0) is 6.42 Å². The predicted octanol–water partition coefficient (Wildman–Crippen LogP) is 4.59. The highest BCUT2D eigenvalue weighted by atomic mass is 19.1. The number of piperidine rings is 1. The Morgan fingerprint density at radius 1 is 1.12 bits per heavy atom. The molecule has 0 radical (unpaired) electrons. The molecule has 168 valence electrons. The average molecular weight is 437 g/mol. The molecule has 3 aromatic rings. The molecule has 3 heterocycles. The van der Waals surface area contributed by atoms with Crippen LogP contribution in [0.15, 0.2) is 36.7 Å². The van der Waals surface area contributed by atoms with Gasteiger partial charge < -0.3 is 9.64 Å². The van der Waals surface area contributed by atoms with Gasteiger partial charge in [0.05, 0.1) is 6.04 Å². The largest absolute Gasteiger partial charge is 0.424 e. The number of hydrogen-bond donors (Lipinski definition) is 0. The van der Waals surface area contributed by atoms with Crippen LogP contribution in [0.5, 0.6) is 11.8 Å². The van der Waals surface area contributed by atoms with Gasteiger partial charge in [0.1, 0.15) is 23.7 Å². The van der Waals surface area contributed by atoms with Crippen molar-refractivity contribution < 1.29 is 9.13 Å². The van der Waals surface area contributed by atoms with E-state index in [2.05, 4.69) is 20.9 Å². The smallest absolute Gasteiger partial charge is 0.320 e. The standard InChI is InChI=1S/C24H29FN6O/c1-15(2)31-24(32-20-6-4-5-19(25)10-20)28-22(29-31)11-21-17-7-8-18(21)13-30(12-17)23-9-16(3)26-14-27-23/h4-6,9-10,14-15,17-18,21H,7-8,11-13H2,1-3H3/t17-,18+,21?. The van der Waals surface area contributed by atoms with Gasteiger partial charge in [0.15, 0.2) is 5.82 Å². The van der Waals surface area contributed by atoms with E-state index in [0.717, 1.165) is 36.8 Å². The van der Waals surface area contributed by atoms with Crippen LogP contribution >= 0.6 is 0 Å². The van der Waals surface area contributed by atoms with Crippen molar-refractivity contribution in [3.63, 3.8) is 0 Å². The fraction of sp³-hybridized carbons (Fsp3) is 0.500. The van der Waals surface area contributed by atoms with E-state index >= 15 is 0 Å². The van der Waals surface area contributed by atoms with Gasteiger partial charge in [0.2, 0.25) is 0 Å². The summed E-state index contributed by atoms with van der Waals surface area (Å²) < 4.78 is 21.3. The molecule has 7 nitrogen and oxygen atoms in total. The monoisotopic (exact) mass is 436 g/mol. The minimum atomic E-state index is -0.333. The van der Waals surface area contributed by atoms with Gasteiger partial charge in [-0.25, -0.2) is 19.0 Å². The molecule has 1 aliphatic carbocycles. The van der Waals surface area contributed by atoms with Crippen molar-refractivity contribution in [2.45, 2.75) is 46.1 Å². The third kappa shape index (κ3) is 4.18. The van der Waals surface area contributed by atoms with Gasteiger partial charge in [0, 0.05) is 37.3 Å². The molecular weight excluding hydrogens is 407 g/mol. The maximum absolute atomic E-state index is 13.6. The van der Waals surface area contributed by atoms with Gasteiger partial charge in [0.25, 0.3) is 0 Å². The molecule has 0 amide bonds. The normalized spacial score (nSPS) is 22.5. The number of nitrogens with zero attached hydrogens (tertiary/aromatic N) is 6. The van der Waals surface area contributed by atoms with Gasteiger partial charge in [-0.15, -0.1) is 0 Å². The maximum atomic E-state index is 13.6. The lowest BCUT2D eigenvalue weighted by Gasteiger charge is -2.38. The first-order valence-corrected chi connectivity index (χ1v) is 11.4. The first-order chi connectivity index (χ1) is 15.5. The second-order valence-corrected chi connectivity index (χ2v) is 9.30. The van der Waals surface area contributed by atoms with Crippen LogP contribution in [0.1, 0.15) is 44.2 Å². The number of hydrogen-bond acceptors (Lipinski definition) is 6. The van der Waals surface area contributed by atoms with Gasteiger partial charge in [-0.1, -0.05) is 6.07 Å². The molecule has 8 heteroatoms. The minimum Gasteiger partial charge on any atom is -0.424 e. The summed E-state index contributed by atoms with van der Waals surface area (Å²) in [6.07, 6.45) is 4.95. The molecule has 2 bridgehead atoms. The minimum absolute atomic E-state index is 0.0967. The summed E-state index contributed by atoms with van der Waals surface area (Å²) in [5.74, 6) is 3.68. The average Bonchev–Trinajstić information content (AvgIpc) is 3.24. The lowest BCUT2D eigenvalue weighted by molar-refractivity contribution is 0.264. The summed E-state index contributed by atoms with van der Waals surface area (Å²) in [7, 11) is 0. The number of anilines is 1. The van der Waals surface area contributed by atoms with Gasteiger partial charge in [-0.2, -0.15) is 10.1 Å². The van der Waals surface area contributed by atoms with Gasteiger partial charge in [-0.05, 0) is 63.5 Å². The lowest BCUT2D eigenvalue weighted by Crippen LogP contribution is -2.43. The molecule has 2 aliphatic rings. The quantitative estimate of drug-likeness (QED) is 0.563. The highest BCUT2D eigenvalue weighted by Gasteiger charge is 2.43. The lowest BCUT2D eigenvalue weighted by atomic mass is 9.82. The topological polar surface area (TPSA) is 69.0 Å². The van der Waals surface area contributed by atoms with Crippen LogP contribution < -0.4 is 9.64 Å². The maximum Gasteiger partial charge on any atom is 0.320 e. The number of benzene rings is 1. The first-order valence-electron chi connectivity index (χ1n) is 11.4. The van der Waals surface area contributed by atoms with Crippen molar-refractivity contribution in [1.29, 1.82) is 0 Å². The third-order valence-corrected chi connectivity index (χ3v) is 6.70. The molecule has 1 aromatic carbocycles. The Hall–Kier alpha value is -3.03. The Labute approximate surface area is 187 Å². The van der Waals surface area contributed by atoms with Crippen molar-refractivity contribution in [3.8, 4) is 11.8 Å². The molecule has 2 aromatic heterocycles. The van der Waals surface area contributed by atoms with E-state index in [-0.39, 0.29) is 11.9 Å². The predicted molar refractivity (Wildman–Crippen MR) is 119 cm³/mol. The van der Waals surface area contributed by atoms with Crippen molar-refractivity contribution in [2.75, 3.05) is 18.0 Å². The molecule has 1 unspecified atom stereocenters. The van der Waals surface area contributed by atoms with E-state index in [4.69, 9.17) is 14.8 Å². The Balaban J connectivity index is 1.32. The Morgan fingerprint density at radius 2 is 1.91 bits per heavy atom. The van der Waals surface area contributed by atoms with Gasteiger partial charge in [-0.3, -0.25) is 0 Å². The van der Waals surface area contributed by atoms with Crippen LogP contribution in [0, 0.1) is 30.5 Å². The molecule has 1 saturated heterocycles. The summed E-state index contributed by atoms with van der Waals surface area (Å²) in [4.78, 5) is 15.8. The second kappa shape index (κ2) is 8.48. The van der Waals surface area contributed by atoms with E-state index in [1.807, 2.05) is 20.8 Å². The summed E-state index contributed by atoms with van der Waals surface area (Å²) in [5, 5.41) is 4.76. The SMILES string of the molecule is Cc1cc(N2C[C@H]3CC[C@@H](C2)C3Cc2nc(Oc3cccc(F)c3)n(C(C)C)n2)ncn1. The van der Waals surface area contributed by atoms with Crippen LogP contribution in [0.25, 0.3) is 0 Å². The molecular formula is C24H29FN6O. The summed E-state index contributed by atoms with van der Waals surface area (Å²) in [6, 6.07) is 8.71. The number of ether oxygens (including phenoxy) is 1. The molecule has 1 aliphatic heterocycles. The summed E-state index contributed by atoms with van der Waals surface area (Å²) in [6.45, 7) is 8.11.